The second-order valence-corrected chi connectivity index (χ2v) is 8.68. The number of aliphatic carboxylic acids is 1. The van der Waals surface area contributed by atoms with Crippen molar-refractivity contribution in [3.8, 4) is 0 Å². The minimum atomic E-state index is -1.64. The summed E-state index contributed by atoms with van der Waals surface area (Å²) in [7, 11) is 0. The average Bonchev–Trinajstić information content (AvgIpc) is 3.21. The molecule has 13 nitrogen and oxygen atoms in total. The number of benzene rings is 1. The number of H-pyrrole nitrogens is 1. The zero-order valence-corrected chi connectivity index (χ0v) is 20.1. The molecule has 198 valence electrons. The van der Waals surface area contributed by atoms with Crippen molar-refractivity contribution in [2.24, 2.45) is 5.73 Å². The number of hydrogen-bond acceptors (Lipinski definition) is 8. The Morgan fingerprint density at radius 1 is 0.861 bits per heavy atom. The Hall–Kier alpha value is -3.52. The van der Waals surface area contributed by atoms with Gasteiger partial charge in [0.15, 0.2) is 6.04 Å². The lowest BCUT2D eigenvalue weighted by Crippen LogP contribution is -2.61. The van der Waals surface area contributed by atoms with Gasteiger partial charge in [0, 0.05) is 23.5 Å². The highest BCUT2D eigenvalue weighted by Gasteiger charge is 2.34. The van der Waals surface area contributed by atoms with Gasteiger partial charge in [0.25, 0.3) is 0 Å². The van der Waals surface area contributed by atoms with Crippen molar-refractivity contribution in [1.29, 1.82) is 0 Å². The normalized spacial score (nSPS) is 17.2. The van der Waals surface area contributed by atoms with Gasteiger partial charge >= 0.3 is 5.97 Å². The van der Waals surface area contributed by atoms with Gasteiger partial charge in [-0.3, -0.25) is 14.4 Å². The molecule has 7 atom stereocenters. The third-order valence-electron chi connectivity index (χ3n) is 5.66. The number of carboxylic acid groups (broad SMARTS) is 1. The van der Waals surface area contributed by atoms with Crippen LogP contribution in [0.4, 0.5) is 0 Å². The fraction of sp³-hybridized carbons (Fsp3) is 0.478. The molecule has 0 aliphatic carbocycles. The molecule has 1 aromatic carbocycles. The van der Waals surface area contributed by atoms with Crippen LogP contribution in [0.5, 0.6) is 0 Å². The third-order valence-corrected chi connectivity index (χ3v) is 5.66. The van der Waals surface area contributed by atoms with Gasteiger partial charge in [-0.15, -0.1) is 0 Å². The molecule has 0 saturated carbocycles. The van der Waals surface area contributed by atoms with Crippen molar-refractivity contribution >= 4 is 34.6 Å². The molecule has 0 saturated heterocycles. The van der Waals surface area contributed by atoms with Crippen molar-refractivity contribution in [3.05, 3.63) is 36.0 Å². The van der Waals surface area contributed by atoms with E-state index >= 15 is 0 Å². The van der Waals surface area contributed by atoms with Crippen molar-refractivity contribution in [2.75, 3.05) is 0 Å². The van der Waals surface area contributed by atoms with Crippen LogP contribution < -0.4 is 21.7 Å². The van der Waals surface area contributed by atoms with E-state index in [-0.39, 0.29) is 6.42 Å². The topological polar surface area (TPSA) is 227 Å². The zero-order chi connectivity index (χ0) is 27.2. The standard InChI is InChI=1S/C23H33N5O8/c1-10(29)17(24)21(33)27-18(11(2)30)22(34)26-16(20(32)28-19(12(3)31)23(35)36)8-13-9-25-15-7-5-4-6-14(13)15/h4-7,9-12,16-19,25,29-31H,8,24H2,1-3H3,(H,26,34)(H,27,33)(H,28,32)(H,35,36). The van der Waals surface area contributed by atoms with E-state index in [1.54, 1.807) is 18.3 Å². The minimum Gasteiger partial charge on any atom is -0.480 e. The van der Waals surface area contributed by atoms with E-state index in [4.69, 9.17) is 5.73 Å². The predicted molar refractivity (Wildman–Crippen MR) is 128 cm³/mol. The molecule has 0 fully saturated rings. The van der Waals surface area contributed by atoms with E-state index in [0.29, 0.717) is 5.56 Å². The van der Waals surface area contributed by atoms with Gasteiger partial charge in [-0.25, -0.2) is 4.79 Å². The van der Waals surface area contributed by atoms with Crippen LogP contribution >= 0.6 is 0 Å². The SMILES string of the molecule is CC(O)C(N)C(=O)NC(C(=O)NC(Cc1c[nH]c2ccccc12)C(=O)NC(C(=O)O)C(C)O)C(C)O. The Bertz CT molecular complexity index is 1080. The van der Waals surface area contributed by atoms with Crippen LogP contribution in [0, 0.1) is 0 Å². The summed E-state index contributed by atoms with van der Waals surface area (Å²) in [6.45, 7) is 3.71. The third kappa shape index (κ3) is 7.24. The number of nitrogens with two attached hydrogens (primary N) is 1. The molecular formula is C23H33N5O8. The molecule has 2 rings (SSSR count). The first kappa shape index (κ1) is 28.7. The number of aliphatic hydroxyl groups is 3. The van der Waals surface area contributed by atoms with Crippen LogP contribution in [0.3, 0.4) is 0 Å². The molecule has 13 heteroatoms. The van der Waals surface area contributed by atoms with Gasteiger partial charge in [0.2, 0.25) is 17.7 Å². The summed E-state index contributed by atoms with van der Waals surface area (Å²) in [6, 6.07) is 1.31. The molecular weight excluding hydrogens is 474 g/mol. The molecule has 0 radical (unpaired) electrons. The fourth-order valence-electron chi connectivity index (χ4n) is 3.51. The summed E-state index contributed by atoms with van der Waals surface area (Å²) >= 11 is 0. The van der Waals surface area contributed by atoms with Gasteiger partial charge in [0.05, 0.1) is 18.3 Å². The molecule has 2 aromatic rings. The number of aliphatic hydroxyl groups excluding tert-OH is 3. The Kier molecular flexibility index (Phi) is 9.93. The first-order valence-corrected chi connectivity index (χ1v) is 11.3. The molecule has 0 aliphatic heterocycles. The number of aromatic amines is 1. The number of aromatic nitrogens is 1. The van der Waals surface area contributed by atoms with Crippen LogP contribution in [0.25, 0.3) is 10.9 Å². The number of para-hydroxylation sites is 1. The maximum Gasteiger partial charge on any atom is 0.328 e. The Morgan fingerprint density at radius 2 is 1.44 bits per heavy atom. The predicted octanol–water partition coefficient (Wildman–Crippen LogP) is -2.28. The van der Waals surface area contributed by atoms with E-state index < -0.39 is 66.2 Å². The highest BCUT2D eigenvalue weighted by molar-refractivity contribution is 5.95. The van der Waals surface area contributed by atoms with Crippen molar-refractivity contribution in [3.63, 3.8) is 0 Å². The second kappa shape index (κ2) is 12.4. The average molecular weight is 508 g/mol. The smallest absolute Gasteiger partial charge is 0.328 e. The van der Waals surface area contributed by atoms with E-state index in [9.17, 15) is 39.6 Å². The lowest BCUT2D eigenvalue weighted by atomic mass is 10.0. The second-order valence-electron chi connectivity index (χ2n) is 8.68. The molecule has 0 bridgehead atoms. The number of hydrogen-bond donors (Lipinski definition) is 9. The summed E-state index contributed by atoms with van der Waals surface area (Å²) in [5.74, 6) is -4.22. The summed E-state index contributed by atoms with van der Waals surface area (Å²) in [6.07, 6.45) is -2.51. The quantitative estimate of drug-likeness (QED) is 0.150. The molecule has 3 amide bonds. The summed E-state index contributed by atoms with van der Waals surface area (Å²) in [4.78, 5) is 52.9. The van der Waals surface area contributed by atoms with Crippen molar-refractivity contribution < 1.29 is 39.6 Å². The van der Waals surface area contributed by atoms with Crippen LogP contribution in [-0.2, 0) is 25.6 Å². The fourth-order valence-corrected chi connectivity index (χ4v) is 3.51. The lowest BCUT2D eigenvalue weighted by Gasteiger charge is -2.27. The van der Waals surface area contributed by atoms with Gasteiger partial charge < -0.3 is 47.1 Å². The minimum absolute atomic E-state index is 0.0819. The van der Waals surface area contributed by atoms with E-state index in [2.05, 4.69) is 20.9 Å². The zero-order valence-electron chi connectivity index (χ0n) is 20.1. The molecule has 0 aliphatic rings. The molecule has 1 aromatic heterocycles. The number of carbonyl (C=O) groups excluding carboxylic acids is 3. The maximum atomic E-state index is 13.1. The molecule has 0 spiro atoms. The van der Waals surface area contributed by atoms with Gasteiger partial charge in [-0.2, -0.15) is 0 Å². The first-order valence-electron chi connectivity index (χ1n) is 11.3. The number of fused-ring (bicyclic) bond motifs is 1. The van der Waals surface area contributed by atoms with E-state index in [1.807, 2.05) is 12.1 Å². The van der Waals surface area contributed by atoms with Crippen LogP contribution in [-0.4, -0.2) is 91.6 Å². The van der Waals surface area contributed by atoms with Gasteiger partial charge in [-0.1, -0.05) is 18.2 Å². The van der Waals surface area contributed by atoms with Gasteiger partial charge in [-0.05, 0) is 32.4 Å². The maximum absolute atomic E-state index is 13.1. The van der Waals surface area contributed by atoms with Crippen LogP contribution in [0.2, 0.25) is 0 Å². The summed E-state index contributed by atoms with van der Waals surface area (Å²) < 4.78 is 0. The Labute approximate surface area is 207 Å². The Balaban J connectivity index is 2.32. The number of carboxylic acids is 1. The highest BCUT2D eigenvalue weighted by Crippen LogP contribution is 2.19. The van der Waals surface area contributed by atoms with E-state index in [1.165, 1.54) is 20.8 Å². The molecule has 10 N–H and O–H groups in total. The van der Waals surface area contributed by atoms with Crippen molar-refractivity contribution in [1.82, 2.24) is 20.9 Å². The first-order chi connectivity index (χ1) is 16.8. The molecule has 1 heterocycles. The largest absolute Gasteiger partial charge is 0.480 e. The summed E-state index contributed by atoms with van der Waals surface area (Å²) in [5.41, 5.74) is 6.99. The number of amides is 3. The van der Waals surface area contributed by atoms with Crippen LogP contribution in [0.15, 0.2) is 30.5 Å². The molecule has 7 unspecified atom stereocenters. The number of carbonyl (C=O) groups is 4. The monoisotopic (exact) mass is 507 g/mol. The van der Waals surface area contributed by atoms with Crippen molar-refractivity contribution in [2.45, 2.75) is 69.7 Å². The van der Waals surface area contributed by atoms with Crippen LogP contribution in [0.1, 0.15) is 26.3 Å². The van der Waals surface area contributed by atoms with Gasteiger partial charge in [0.1, 0.15) is 18.1 Å². The van der Waals surface area contributed by atoms with E-state index in [0.717, 1.165) is 10.9 Å². The highest BCUT2D eigenvalue weighted by atomic mass is 16.4. The number of nitrogens with one attached hydrogen (secondary N) is 4. The molecule has 36 heavy (non-hydrogen) atoms. The number of rotatable bonds is 12. The lowest BCUT2D eigenvalue weighted by molar-refractivity contribution is -0.145. The summed E-state index contributed by atoms with van der Waals surface area (Å²) in [5, 5.41) is 46.4. The Morgan fingerprint density at radius 3 is 2.00 bits per heavy atom.